The van der Waals surface area contributed by atoms with Gasteiger partial charge in [0.05, 0.1) is 22.2 Å². The average Bonchev–Trinajstić information content (AvgIpc) is 2.90. The number of amides is 2. The first-order valence-electron chi connectivity index (χ1n) is 9.10. The highest BCUT2D eigenvalue weighted by Gasteiger charge is 2.45. The molecule has 0 aromatic heterocycles. The van der Waals surface area contributed by atoms with Gasteiger partial charge in [-0.05, 0) is 42.0 Å². The molecule has 5 rings (SSSR count). The molecular weight excluding hydrogens is 404 g/mol. The van der Waals surface area contributed by atoms with Crippen LogP contribution in [0.1, 0.15) is 11.6 Å². The molecule has 2 aliphatic heterocycles. The van der Waals surface area contributed by atoms with Crippen molar-refractivity contribution >= 4 is 46.6 Å². The Kier molecular flexibility index (Phi) is 4.42. The van der Waals surface area contributed by atoms with Crippen LogP contribution in [0.3, 0.4) is 0 Å². The number of hydrogen-bond acceptors (Lipinski definition) is 4. The van der Waals surface area contributed by atoms with Crippen LogP contribution in [-0.4, -0.2) is 11.8 Å². The van der Waals surface area contributed by atoms with Crippen LogP contribution < -0.4 is 10.2 Å². The van der Waals surface area contributed by atoms with Gasteiger partial charge < -0.3 is 5.32 Å². The van der Waals surface area contributed by atoms with Crippen molar-refractivity contribution in [3.8, 4) is 0 Å². The molecule has 0 radical (unpaired) electrons. The quantitative estimate of drug-likeness (QED) is 0.564. The van der Waals surface area contributed by atoms with Gasteiger partial charge in [-0.1, -0.05) is 65.8 Å². The molecule has 142 valence electrons. The summed E-state index contributed by atoms with van der Waals surface area (Å²) in [5.41, 5.74) is 2.81. The number of rotatable bonds is 2. The Labute approximate surface area is 177 Å². The van der Waals surface area contributed by atoms with E-state index in [2.05, 4.69) is 5.32 Å². The summed E-state index contributed by atoms with van der Waals surface area (Å²) in [5, 5.41) is 4.03. The zero-order valence-electron chi connectivity index (χ0n) is 15.1. The van der Waals surface area contributed by atoms with E-state index in [1.807, 2.05) is 54.6 Å². The van der Waals surface area contributed by atoms with Crippen LogP contribution in [-0.2, 0) is 9.59 Å². The van der Waals surface area contributed by atoms with Crippen LogP contribution in [0, 0.1) is 0 Å². The number of nitrogens with one attached hydrogen (secondary N) is 1. The molecule has 1 atom stereocenters. The Morgan fingerprint density at radius 1 is 0.828 bits per heavy atom. The third-order valence-electron chi connectivity index (χ3n) is 4.98. The minimum absolute atomic E-state index is 0.309. The molecule has 2 heterocycles. The molecular formula is C23H15ClN2O2S. The van der Waals surface area contributed by atoms with Crippen LogP contribution in [0.4, 0.5) is 11.4 Å². The molecule has 0 saturated heterocycles. The highest BCUT2D eigenvalue weighted by atomic mass is 35.5. The number of thioether (sulfide) groups is 1. The van der Waals surface area contributed by atoms with Gasteiger partial charge in [0.2, 0.25) is 0 Å². The lowest BCUT2D eigenvalue weighted by Crippen LogP contribution is -2.33. The molecule has 0 unspecified atom stereocenters. The van der Waals surface area contributed by atoms with Gasteiger partial charge in [0.25, 0.3) is 11.8 Å². The second-order valence-electron chi connectivity index (χ2n) is 6.75. The largest absolute Gasteiger partial charge is 0.373 e. The van der Waals surface area contributed by atoms with E-state index >= 15 is 0 Å². The molecule has 2 amide bonds. The number of carbonyl (C=O) groups excluding carboxylic acids is 2. The Morgan fingerprint density at radius 2 is 1.52 bits per heavy atom. The Balaban J connectivity index is 1.66. The van der Waals surface area contributed by atoms with Gasteiger partial charge >= 0.3 is 0 Å². The number of imide groups is 1. The number of halogens is 1. The van der Waals surface area contributed by atoms with E-state index in [-0.39, 0.29) is 11.8 Å². The summed E-state index contributed by atoms with van der Waals surface area (Å²) in [6, 6.07) is 23.8. The van der Waals surface area contributed by atoms with Gasteiger partial charge in [-0.3, -0.25) is 9.59 Å². The van der Waals surface area contributed by atoms with E-state index in [1.165, 1.54) is 16.7 Å². The predicted octanol–water partition coefficient (Wildman–Crippen LogP) is 5.43. The molecule has 0 spiro atoms. The summed E-state index contributed by atoms with van der Waals surface area (Å²) < 4.78 is 0. The number of fused-ring (bicyclic) bond motifs is 1. The molecule has 29 heavy (non-hydrogen) atoms. The summed E-state index contributed by atoms with van der Waals surface area (Å²) in [6.45, 7) is 0. The fraction of sp³-hybridized carbons (Fsp3) is 0.0435. The molecule has 2 aliphatic rings. The second kappa shape index (κ2) is 7.10. The van der Waals surface area contributed by atoms with E-state index in [4.69, 9.17) is 11.6 Å². The van der Waals surface area contributed by atoms with E-state index < -0.39 is 6.04 Å². The SMILES string of the molecule is O=C1C2=C(C(=O)N1c1ccc(Cl)cc1)[C@@H](c1ccccc1)Nc1ccccc1S2. The molecule has 0 saturated carbocycles. The van der Waals surface area contributed by atoms with Crippen LogP contribution >= 0.6 is 23.4 Å². The lowest BCUT2D eigenvalue weighted by molar-refractivity contribution is -0.120. The van der Waals surface area contributed by atoms with Crippen molar-refractivity contribution < 1.29 is 9.59 Å². The fourth-order valence-electron chi connectivity index (χ4n) is 3.61. The molecule has 0 aliphatic carbocycles. The zero-order valence-corrected chi connectivity index (χ0v) is 16.7. The van der Waals surface area contributed by atoms with Crippen LogP contribution in [0.5, 0.6) is 0 Å². The number of carbonyl (C=O) groups is 2. The number of benzene rings is 3. The number of para-hydroxylation sites is 1. The lowest BCUT2D eigenvalue weighted by Gasteiger charge is -2.22. The highest BCUT2D eigenvalue weighted by molar-refractivity contribution is 8.04. The summed E-state index contributed by atoms with van der Waals surface area (Å²) in [4.78, 5) is 29.4. The number of nitrogens with zero attached hydrogens (tertiary/aromatic N) is 1. The van der Waals surface area contributed by atoms with Crippen LogP contribution in [0.15, 0.2) is 94.2 Å². The van der Waals surface area contributed by atoms with Gasteiger partial charge in [0, 0.05) is 15.6 Å². The standard InChI is InChI=1S/C23H15ClN2O2S/c24-15-10-12-16(13-11-15)26-22(27)19-20(14-6-2-1-3-7-14)25-17-8-4-5-9-18(17)29-21(19)23(26)28/h1-13,20,25H/t20-/m1/s1. The van der Waals surface area contributed by atoms with Crippen LogP contribution in [0.25, 0.3) is 0 Å². The minimum atomic E-state index is -0.420. The topological polar surface area (TPSA) is 49.4 Å². The van der Waals surface area contributed by atoms with Gasteiger partial charge in [0.15, 0.2) is 0 Å². The molecule has 0 bridgehead atoms. The average molecular weight is 419 g/mol. The first kappa shape index (κ1) is 18.0. The number of anilines is 2. The van der Waals surface area contributed by atoms with E-state index in [0.717, 1.165) is 16.1 Å². The third kappa shape index (κ3) is 3.03. The van der Waals surface area contributed by atoms with Gasteiger partial charge in [0.1, 0.15) is 0 Å². The summed E-state index contributed by atoms with van der Waals surface area (Å²) >= 11 is 7.32. The van der Waals surface area contributed by atoms with Crippen molar-refractivity contribution in [2.75, 3.05) is 10.2 Å². The van der Waals surface area contributed by atoms with Crippen molar-refractivity contribution in [1.82, 2.24) is 0 Å². The monoisotopic (exact) mass is 418 g/mol. The van der Waals surface area contributed by atoms with Gasteiger partial charge in [-0.15, -0.1) is 0 Å². The zero-order chi connectivity index (χ0) is 20.0. The smallest absolute Gasteiger partial charge is 0.272 e. The summed E-state index contributed by atoms with van der Waals surface area (Å²) in [5.74, 6) is -0.620. The minimum Gasteiger partial charge on any atom is -0.373 e. The normalized spacial score (nSPS) is 18.2. The highest BCUT2D eigenvalue weighted by Crippen LogP contribution is 2.47. The second-order valence-corrected chi connectivity index (χ2v) is 8.24. The number of hydrogen-bond donors (Lipinski definition) is 1. The van der Waals surface area contributed by atoms with Crippen molar-refractivity contribution in [2.24, 2.45) is 0 Å². The van der Waals surface area contributed by atoms with Crippen molar-refractivity contribution in [1.29, 1.82) is 0 Å². The first-order chi connectivity index (χ1) is 14.1. The predicted molar refractivity (Wildman–Crippen MR) is 116 cm³/mol. The van der Waals surface area contributed by atoms with Crippen molar-refractivity contribution in [3.63, 3.8) is 0 Å². The van der Waals surface area contributed by atoms with E-state index in [1.54, 1.807) is 24.3 Å². The Bertz CT molecular complexity index is 1160. The van der Waals surface area contributed by atoms with Gasteiger partial charge in [-0.2, -0.15) is 0 Å². The van der Waals surface area contributed by atoms with E-state index in [9.17, 15) is 9.59 Å². The summed E-state index contributed by atoms with van der Waals surface area (Å²) in [6.07, 6.45) is 0. The molecule has 6 heteroatoms. The van der Waals surface area contributed by atoms with Crippen molar-refractivity contribution in [2.45, 2.75) is 10.9 Å². The fourth-order valence-corrected chi connectivity index (χ4v) is 4.84. The molecule has 4 nitrogen and oxygen atoms in total. The summed E-state index contributed by atoms with van der Waals surface area (Å²) in [7, 11) is 0. The molecule has 3 aromatic rings. The first-order valence-corrected chi connectivity index (χ1v) is 10.3. The Hall–Kier alpha value is -3.02. The maximum Gasteiger partial charge on any atom is 0.272 e. The Morgan fingerprint density at radius 3 is 2.28 bits per heavy atom. The maximum atomic E-state index is 13.5. The maximum absolute atomic E-state index is 13.5. The van der Waals surface area contributed by atoms with Crippen LogP contribution in [0.2, 0.25) is 5.02 Å². The molecule has 1 N–H and O–H groups in total. The lowest BCUT2D eigenvalue weighted by atomic mass is 9.98. The molecule has 0 fully saturated rings. The third-order valence-corrected chi connectivity index (χ3v) is 6.41. The molecule has 3 aromatic carbocycles. The van der Waals surface area contributed by atoms with E-state index in [0.29, 0.717) is 21.2 Å². The van der Waals surface area contributed by atoms with Gasteiger partial charge in [-0.25, -0.2) is 4.90 Å². The van der Waals surface area contributed by atoms with Crippen molar-refractivity contribution in [3.05, 3.63) is 99.9 Å².